The van der Waals surface area contributed by atoms with Crippen LogP contribution in [0.4, 0.5) is 5.82 Å². The molecule has 1 aromatic heterocycles. The van der Waals surface area contributed by atoms with Gasteiger partial charge in [-0.3, -0.25) is 4.79 Å². The van der Waals surface area contributed by atoms with Gasteiger partial charge in [-0.1, -0.05) is 6.92 Å². The monoisotopic (exact) mass is 253 g/mol. The molecule has 1 aromatic rings. The normalized spacial score (nSPS) is 10.1. The van der Waals surface area contributed by atoms with E-state index in [2.05, 4.69) is 27.6 Å². The van der Waals surface area contributed by atoms with Crippen molar-refractivity contribution in [3.63, 3.8) is 0 Å². The van der Waals surface area contributed by atoms with E-state index >= 15 is 0 Å². The molecule has 0 unspecified atom stereocenters. The molecule has 100 valence electrons. The number of rotatable bonds is 8. The first-order chi connectivity index (χ1) is 8.77. The zero-order chi connectivity index (χ0) is 13.2. The molecular weight excluding hydrogens is 234 g/mol. The van der Waals surface area contributed by atoms with Crippen LogP contribution in [0.3, 0.4) is 0 Å². The Hall–Kier alpha value is -1.73. The Morgan fingerprint density at radius 2 is 2.22 bits per heavy atom. The number of hydrazine groups is 1. The number of anilines is 1. The van der Waals surface area contributed by atoms with Crippen LogP contribution < -0.4 is 16.6 Å². The van der Waals surface area contributed by atoms with Crippen molar-refractivity contribution in [3.8, 4) is 0 Å². The highest BCUT2D eigenvalue weighted by atomic mass is 16.5. The van der Waals surface area contributed by atoms with Crippen LogP contribution in [-0.2, 0) is 4.74 Å². The molecule has 0 spiro atoms. The average Bonchev–Trinajstić information content (AvgIpc) is 2.42. The number of hydrogen-bond donors (Lipinski definition) is 3. The minimum Gasteiger partial charge on any atom is -0.381 e. The molecule has 1 rings (SSSR count). The fourth-order valence-corrected chi connectivity index (χ4v) is 1.23. The summed E-state index contributed by atoms with van der Waals surface area (Å²) in [5.41, 5.74) is 2.61. The molecule has 7 heteroatoms. The number of nitrogens with one attached hydrogen (secondary N) is 2. The first kappa shape index (κ1) is 14.3. The number of aromatic nitrogens is 2. The summed E-state index contributed by atoms with van der Waals surface area (Å²) in [7, 11) is 0. The van der Waals surface area contributed by atoms with E-state index in [9.17, 15) is 4.79 Å². The molecule has 0 aliphatic carbocycles. The van der Waals surface area contributed by atoms with Gasteiger partial charge in [0.1, 0.15) is 5.69 Å². The summed E-state index contributed by atoms with van der Waals surface area (Å²) in [6.07, 6.45) is 4.56. The summed E-state index contributed by atoms with van der Waals surface area (Å²) in [6.45, 7) is 4.02. The summed E-state index contributed by atoms with van der Waals surface area (Å²) in [5, 5.41) is 2.74. The SMILES string of the molecule is CCCOCCCNC(=O)c1cnc(NN)cn1. The maximum absolute atomic E-state index is 11.6. The Balaban J connectivity index is 2.23. The first-order valence-electron chi connectivity index (χ1n) is 5.92. The van der Waals surface area contributed by atoms with Crippen LogP contribution >= 0.6 is 0 Å². The second-order valence-electron chi connectivity index (χ2n) is 3.65. The molecule has 0 aliphatic heterocycles. The van der Waals surface area contributed by atoms with Crippen molar-refractivity contribution >= 4 is 11.7 Å². The van der Waals surface area contributed by atoms with Crippen LogP contribution in [0, 0.1) is 0 Å². The summed E-state index contributed by atoms with van der Waals surface area (Å²) >= 11 is 0. The van der Waals surface area contributed by atoms with E-state index in [1.54, 1.807) is 0 Å². The lowest BCUT2D eigenvalue weighted by atomic mass is 10.4. The Bertz CT molecular complexity index is 355. The third-order valence-corrected chi connectivity index (χ3v) is 2.13. The van der Waals surface area contributed by atoms with Crippen molar-refractivity contribution < 1.29 is 9.53 Å². The highest BCUT2D eigenvalue weighted by Crippen LogP contribution is 1.98. The van der Waals surface area contributed by atoms with E-state index in [1.807, 2.05) is 0 Å². The van der Waals surface area contributed by atoms with E-state index in [0.29, 0.717) is 19.0 Å². The Labute approximate surface area is 106 Å². The molecule has 0 aromatic carbocycles. The lowest BCUT2D eigenvalue weighted by Crippen LogP contribution is -2.26. The van der Waals surface area contributed by atoms with Gasteiger partial charge in [-0.2, -0.15) is 0 Å². The van der Waals surface area contributed by atoms with E-state index in [4.69, 9.17) is 10.6 Å². The van der Waals surface area contributed by atoms with Gasteiger partial charge in [0.15, 0.2) is 5.82 Å². The molecule has 0 bridgehead atoms. The molecular formula is C11H19N5O2. The predicted octanol–water partition coefficient (Wildman–Crippen LogP) is 0.309. The molecule has 0 atom stereocenters. The third kappa shape index (κ3) is 5.07. The zero-order valence-corrected chi connectivity index (χ0v) is 10.5. The maximum atomic E-state index is 11.6. The van der Waals surface area contributed by atoms with E-state index in [-0.39, 0.29) is 11.6 Å². The van der Waals surface area contributed by atoms with E-state index < -0.39 is 0 Å². The lowest BCUT2D eigenvalue weighted by molar-refractivity contribution is 0.0936. The van der Waals surface area contributed by atoms with Crippen LogP contribution in [0.25, 0.3) is 0 Å². The van der Waals surface area contributed by atoms with Gasteiger partial charge in [-0.15, -0.1) is 0 Å². The van der Waals surface area contributed by atoms with Gasteiger partial charge in [-0.05, 0) is 12.8 Å². The molecule has 0 aliphatic rings. The highest BCUT2D eigenvalue weighted by Gasteiger charge is 2.06. The van der Waals surface area contributed by atoms with E-state index in [1.165, 1.54) is 12.4 Å². The quantitative estimate of drug-likeness (QED) is 0.350. The smallest absolute Gasteiger partial charge is 0.271 e. The molecule has 18 heavy (non-hydrogen) atoms. The minimum absolute atomic E-state index is 0.249. The van der Waals surface area contributed by atoms with Crippen molar-refractivity contribution in [3.05, 3.63) is 18.1 Å². The van der Waals surface area contributed by atoms with Gasteiger partial charge in [0.25, 0.3) is 5.91 Å². The number of amides is 1. The largest absolute Gasteiger partial charge is 0.381 e. The molecule has 4 N–H and O–H groups in total. The molecule has 0 saturated heterocycles. The summed E-state index contributed by atoms with van der Waals surface area (Å²) in [6, 6.07) is 0. The predicted molar refractivity (Wildman–Crippen MR) is 67.9 cm³/mol. The topological polar surface area (TPSA) is 102 Å². The van der Waals surface area contributed by atoms with Gasteiger partial charge < -0.3 is 15.5 Å². The fourth-order valence-electron chi connectivity index (χ4n) is 1.23. The lowest BCUT2D eigenvalue weighted by Gasteiger charge is -2.05. The van der Waals surface area contributed by atoms with Crippen LogP contribution in [-0.4, -0.2) is 35.6 Å². The molecule has 0 radical (unpaired) electrons. The zero-order valence-electron chi connectivity index (χ0n) is 10.5. The maximum Gasteiger partial charge on any atom is 0.271 e. The van der Waals surface area contributed by atoms with Gasteiger partial charge in [0.05, 0.1) is 12.4 Å². The Morgan fingerprint density at radius 3 is 2.83 bits per heavy atom. The van der Waals surface area contributed by atoms with Crippen LogP contribution in [0.5, 0.6) is 0 Å². The summed E-state index contributed by atoms with van der Waals surface area (Å²) in [4.78, 5) is 19.5. The van der Waals surface area contributed by atoms with Crippen molar-refractivity contribution in [2.75, 3.05) is 25.2 Å². The first-order valence-corrected chi connectivity index (χ1v) is 5.92. The molecule has 1 amide bonds. The number of nitrogens with two attached hydrogens (primary N) is 1. The number of ether oxygens (including phenoxy) is 1. The number of carbonyl (C=O) groups excluding carboxylic acids is 1. The second-order valence-corrected chi connectivity index (χ2v) is 3.65. The van der Waals surface area contributed by atoms with Gasteiger partial charge in [0, 0.05) is 19.8 Å². The molecule has 7 nitrogen and oxygen atoms in total. The van der Waals surface area contributed by atoms with Gasteiger partial charge >= 0.3 is 0 Å². The van der Waals surface area contributed by atoms with Gasteiger partial charge in [0.2, 0.25) is 0 Å². The molecule has 0 fully saturated rings. The van der Waals surface area contributed by atoms with Crippen molar-refractivity contribution in [2.45, 2.75) is 19.8 Å². The highest BCUT2D eigenvalue weighted by molar-refractivity contribution is 5.91. The number of nitrogen functional groups attached to an aromatic ring is 1. The molecule has 1 heterocycles. The average molecular weight is 253 g/mol. The Kier molecular flexibility index (Phi) is 6.67. The number of hydrogen-bond acceptors (Lipinski definition) is 6. The van der Waals surface area contributed by atoms with Crippen LogP contribution in [0.2, 0.25) is 0 Å². The van der Waals surface area contributed by atoms with E-state index in [0.717, 1.165) is 19.4 Å². The standard InChI is InChI=1S/C11H19N5O2/c1-2-5-18-6-3-4-13-11(17)9-7-15-10(16-12)8-14-9/h7-8H,2-6,12H2,1H3,(H,13,17)(H,15,16). The van der Waals surface area contributed by atoms with Crippen molar-refractivity contribution in [2.24, 2.45) is 5.84 Å². The van der Waals surface area contributed by atoms with Crippen molar-refractivity contribution in [1.29, 1.82) is 0 Å². The summed E-state index contributed by atoms with van der Waals surface area (Å²) < 4.78 is 5.30. The third-order valence-electron chi connectivity index (χ3n) is 2.13. The van der Waals surface area contributed by atoms with Crippen LogP contribution in [0.15, 0.2) is 12.4 Å². The summed E-state index contributed by atoms with van der Waals surface area (Å²) in [5.74, 6) is 5.31. The number of carbonyl (C=O) groups is 1. The second kappa shape index (κ2) is 8.37. The molecule has 0 saturated carbocycles. The van der Waals surface area contributed by atoms with Crippen molar-refractivity contribution in [1.82, 2.24) is 15.3 Å². The number of nitrogens with zero attached hydrogens (tertiary/aromatic N) is 2. The fraction of sp³-hybridized carbons (Fsp3) is 0.545. The minimum atomic E-state index is -0.249. The van der Waals surface area contributed by atoms with Gasteiger partial charge in [-0.25, -0.2) is 15.8 Å². The van der Waals surface area contributed by atoms with Crippen LogP contribution in [0.1, 0.15) is 30.3 Å². The Morgan fingerprint density at radius 1 is 1.39 bits per heavy atom.